The summed E-state index contributed by atoms with van der Waals surface area (Å²) in [6.45, 7) is 3.14. The molecule has 0 aliphatic heterocycles. The van der Waals surface area contributed by atoms with Crippen LogP contribution in [0.15, 0.2) is 0 Å². The molecule has 0 saturated carbocycles. The molecule has 0 atom stereocenters. The summed E-state index contributed by atoms with van der Waals surface area (Å²) in [7, 11) is 1.48. The number of hydrogen-bond acceptors (Lipinski definition) is 5. The van der Waals surface area contributed by atoms with E-state index in [0.29, 0.717) is 5.00 Å². The van der Waals surface area contributed by atoms with Crippen LogP contribution in [0.5, 0.6) is 0 Å². The van der Waals surface area contributed by atoms with Crippen molar-refractivity contribution in [2.24, 2.45) is 0 Å². The number of nitrogens with zero attached hydrogens (tertiary/aromatic N) is 2. The molecule has 8 heteroatoms. The first kappa shape index (κ1) is 14.6. The highest BCUT2D eigenvalue weighted by atomic mass is 32.1. The topological polar surface area (TPSA) is 71.2 Å². The Bertz CT molecular complexity index is 422. The summed E-state index contributed by atoms with van der Waals surface area (Å²) < 4.78 is 28.5. The lowest BCUT2D eigenvalue weighted by Crippen LogP contribution is -2.32. The zero-order valence-electron chi connectivity index (χ0n) is 10.4. The van der Waals surface area contributed by atoms with Gasteiger partial charge in [-0.3, -0.25) is 4.79 Å². The lowest BCUT2D eigenvalue weighted by molar-refractivity contribution is 0.0944. The van der Waals surface area contributed by atoms with Crippen LogP contribution in [0.4, 0.5) is 19.6 Å². The first-order valence-corrected chi connectivity index (χ1v) is 6.15. The van der Waals surface area contributed by atoms with E-state index >= 15 is 0 Å². The van der Waals surface area contributed by atoms with Gasteiger partial charge in [0, 0.05) is 13.1 Å². The van der Waals surface area contributed by atoms with E-state index < -0.39 is 18.9 Å². The first-order chi connectivity index (χ1) is 8.32. The summed E-state index contributed by atoms with van der Waals surface area (Å²) in [5.74, 6) is -0.332. The van der Waals surface area contributed by atoms with Gasteiger partial charge in [0.25, 0.3) is 12.3 Å². The van der Waals surface area contributed by atoms with Crippen LogP contribution in [0.3, 0.4) is 0 Å². The van der Waals surface area contributed by atoms with Gasteiger partial charge in [-0.05, 0) is 25.4 Å². The highest BCUT2D eigenvalue weighted by Gasteiger charge is 2.23. The molecule has 1 aromatic rings. The predicted octanol–water partition coefficient (Wildman–Crippen LogP) is 1.56. The molecule has 0 radical (unpaired) electrons. The fourth-order valence-electron chi connectivity index (χ4n) is 1.39. The number of alkyl halides is 2. The summed E-state index contributed by atoms with van der Waals surface area (Å²) >= 11 is 0.938. The predicted molar refractivity (Wildman–Crippen MR) is 68.4 cm³/mol. The number of anilines is 2. The Morgan fingerprint density at radius 2 is 2.17 bits per heavy atom. The third-order valence-corrected chi connectivity index (χ3v) is 3.08. The molecule has 5 nitrogen and oxygen atoms in total. The highest BCUT2D eigenvalue weighted by Crippen LogP contribution is 2.30. The molecule has 0 spiro atoms. The summed E-state index contributed by atoms with van der Waals surface area (Å²) in [4.78, 5) is 13.2. The van der Waals surface area contributed by atoms with Crippen molar-refractivity contribution < 1.29 is 13.6 Å². The fourth-order valence-corrected chi connectivity index (χ4v) is 2.17. The molecule has 0 aromatic carbocycles. The van der Waals surface area contributed by atoms with Gasteiger partial charge in [-0.2, -0.15) is 4.37 Å². The molecule has 18 heavy (non-hydrogen) atoms. The Labute approximate surface area is 108 Å². The van der Waals surface area contributed by atoms with Crippen molar-refractivity contribution in [3.05, 3.63) is 5.56 Å². The maximum atomic E-state index is 12.3. The standard InChI is InChI=1S/C10H16F2N4OS/c1-5(2)14-9(17)7-8(13)15-18-10(7)16(3)4-6(11)12/h5-6H,4H2,1-3H3,(H2,13,15)(H,14,17). The number of amides is 1. The minimum absolute atomic E-state index is 0.0641. The van der Waals surface area contributed by atoms with Gasteiger partial charge in [-0.25, -0.2) is 8.78 Å². The number of nitrogens with two attached hydrogens (primary N) is 1. The van der Waals surface area contributed by atoms with Crippen molar-refractivity contribution in [1.29, 1.82) is 0 Å². The molecule has 0 aliphatic rings. The molecule has 0 fully saturated rings. The summed E-state index contributed by atoms with van der Waals surface area (Å²) in [5, 5.41) is 3.02. The minimum Gasteiger partial charge on any atom is -0.382 e. The van der Waals surface area contributed by atoms with E-state index in [9.17, 15) is 13.6 Å². The van der Waals surface area contributed by atoms with Gasteiger partial charge < -0.3 is 16.0 Å². The Balaban J connectivity index is 2.97. The first-order valence-electron chi connectivity index (χ1n) is 5.38. The molecule has 0 unspecified atom stereocenters. The van der Waals surface area contributed by atoms with Crippen LogP contribution in [-0.4, -0.2) is 36.3 Å². The summed E-state index contributed by atoms with van der Waals surface area (Å²) in [5.41, 5.74) is 5.77. The number of carbonyl (C=O) groups excluding carboxylic acids is 1. The Kier molecular flexibility index (Phi) is 4.83. The number of nitrogens with one attached hydrogen (secondary N) is 1. The van der Waals surface area contributed by atoms with Crippen LogP contribution >= 0.6 is 11.5 Å². The Morgan fingerprint density at radius 3 is 2.67 bits per heavy atom. The van der Waals surface area contributed by atoms with Crippen LogP contribution in [0, 0.1) is 0 Å². The SMILES string of the molecule is CC(C)NC(=O)c1c(N)nsc1N(C)CC(F)F. The van der Waals surface area contributed by atoms with E-state index in [-0.39, 0.29) is 17.4 Å². The van der Waals surface area contributed by atoms with Crippen LogP contribution in [0.1, 0.15) is 24.2 Å². The van der Waals surface area contributed by atoms with E-state index in [1.54, 1.807) is 13.8 Å². The average molecular weight is 278 g/mol. The number of aromatic nitrogens is 1. The van der Waals surface area contributed by atoms with Crippen LogP contribution in [-0.2, 0) is 0 Å². The van der Waals surface area contributed by atoms with E-state index in [1.165, 1.54) is 11.9 Å². The Morgan fingerprint density at radius 1 is 1.56 bits per heavy atom. The van der Waals surface area contributed by atoms with Crippen LogP contribution in [0.25, 0.3) is 0 Å². The maximum absolute atomic E-state index is 12.3. The lowest BCUT2D eigenvalue weighted by atomic mass is 10.2. The third kappa shape index (κ3) is 3.52. The van der Waals surface area contributed by atoms with Gasteiger partial charge in [0.1, 0.15) is 10.6 Å². The van der Waals surface area contributed by atoms with Gasteiger partial charge in [0.2, 0.25) is 0 Å². The second-order valence-electron chi connectivity index (χ2n) is 4.15. The van der Waals surface area contributed by atoms with Gasteiger partial charge >= 0.3 is 0 Å². The summed E-state index contributed by atoms with van der Waals surface area (Å²) in [6.07, 6.45) is -2.49. The maximum Gasteiger partial charge on any atom is 0.258 e. The van der Waals surface area contributed by atoms with Gasteiger partial charge in [0.05, 0.1) is 6.54 Å². The molecule has 0 bridgehead atoms. The smallest absolute Gasteiger partial charge is 0.258 e. The molecule has 1 aromatic heterocycles. The third-order valence-electron chi connectivity index (χ3n) is 2.11. The second kappa shape index (κ2) is 5.94. The Hall–Kier alpha value is -1.44. The van der Waals surface area contributed by atoms with Crippen molar-refractivity contribution in [3.63, 3.8) is 0 Å². The van der Waals surface area contributed by atoms with Crippen molar-refractivity contribution in [1.82, 2.24) is 9.69 Å². The fraction of sp³-hybridized carbons (Fsp3) is 0.600. The average Bonchev–Trinajstić information content (AvgIpc) is 2.57. The lowest BCUT2D eigenvalue weighted by Gasteiger charge is -2.18. The molecule has 1 rings (SSSR count). The normalized spacial score (nSPS) is 11.1. The van der Waals surface area contributed by atoms with Gasteiger partial charge in [-0.15, -0.1) is 0 Å². The molecule has 3 N–H and O–H groups in total. The van der Waals surface area contributed by atoms with Gasteiger partial charge in [-0.1, -0.05) is 0 Å². The number of carbonyl (C=O) groups is 1. The zero-order chi connectivity index (χ0) is 13.9. The highest BCUT2D eigenvalue weighted by molar-refractivity contribution is 7.11. The van der Waals surface area contributed by atoms with Crippen molar-refractivity contribution in [2.45, 2.75) is 26.3 Å². The molecule has 0 saturated heterocycles. The van der Waals surface area contributed by atoms with Crippen LogP contribution < -0.4 is 16.0 Å². The van der Waals surface area contributed by atoms with E-state index in [2.05, 4.69) is 9.69 Å². The number of nitrogen functional groups attached to an aromatic ring is 1. The summed E-state index contributed by atoms with van der Waals surface area (Å²) in [6, 6.07) is -0.0648. The minimum atomic E-state index is -2.49. The largest absolute Gasteiger partial charge is 0.382 e. The van der Waals surface area contributed by atoms with Crippen molar-refractivity contribution in [2.75, 3.05) is 24.2 Å². The monoisotopic (exact) mass is 278 g/mol. The molecular weight excluding hydrogens is 262 g/mol. The van der Waals surface area contributed by atoms with Crippen molar-refractivity contribution in [3.8, 4) is 0 Å². The quantitative estimate of drug-likeness (QED) is 0.857. The van der Waals surface area contributed by atoms with Gasteiger partial charge in [0.15, 0.2) is 5.82 Å². The zero-order valence-corrected chi connectivity index (χ0v) is 11.2. The molecule has 1 amide bonds. The number of hydrogen-bond donors (Lipinski definition) is 2. The number of halogens is 2. The van der Waals surface area contributed by atoms with E-state index in [4.69, 9.17) is 5.73 Å². The van der Waals surface area contributed by atoms with Crippen molar-refractivity contribution >= 4 is 28.3 Å². The molecule has 1 heterocycles. The van der Waals surface area contributed by atoms with E-state index in [0.717, 1.165) is 11.5 Å². The molecule has 102 valence electrons. The molecular formula is C10H16F2N4OS. The second-order valence-corrected chi connectivity index (χ2v) is 4.90. The van der Waals surface area contributed by atoms with E-state index in [1.807, 2.05) is 0 Å². The molecule has 0 aliphatic carbocycles. The van der Waals surface area contributed by atoms with Crippen LogP contribution in [0.2, 0.25) is 0 Å². The number of rotatable bonds is 5.